The fourth-order valence-corrected chi connectivity index (χ4v) is 2.56. The van der Waals surface area contributed by atoms with Gasteiger partial charge in [-0.25, -0.2) is 9.59 Å². The lowest BCUT2D eigenvalue weighted by Crippen LogP contribution is -2.43. The van der Waals surface area contributed by atoms with Crippen molar-refractivity contribution in [2.45, 2.75) is 83.7 Å². The molecule has 1 aliphatic carbocycles. The first kappa shape index (κ1) is 25.2. The molecule has 0 amide bonds. The van der Waals surface area contributed by atoms with Crippen LogP contribution >= 0.6 is 0 Å². The van der Waals surface area contributed by atoms with E-state index < -0.39 is 60.9 Å². The Bertz CT molecular complexity index is 585. The van der Waals surface area contributed by atoms with Gasteiger partial charge in [-0.15, -0.1) is 0 Å². The monoisotopic (exact) mass is 428 g/mol. The molecule has 6 nitrogen and oxygen atoms in total. The van der Waals surface area contributed by atoms with E-state index in [4.69, 9.17) is 4.74 Å². The average molecular weight is 428 g/mol. The molecule has 1 fully saturated rings. The third-order valence-electron chi connectivity index (χ3n) is 4.85. The van der Waals surface area contributed by atoms with E-state index in [2.05, 4.69) is 9.47 Å². The largest absolute Gasteiger partial charge is 0.462 e. The normalized spacial score (nSPS) is 16.2. The first-order valence-corrected chi connectivity index (χ1v) is 9.63. The van der Waals surface area contributed by atoms with Gasteiger partial charge in [-0.1, -0.05) is 13.3 Å². The van der Waals surface area contributed by atoms with Crippen LogP contribution in [0.25, 0.3) is 0 Å². The van der Waals surface area contributed by atoms with E-state index in [1.807, 2.05) is 0 Å². The van der Waals surface area contributed by atoms with Gasteiger partial charge in [0.05, 0.1) is 11.8 Å². The summed E-state index contributed by atoms with van der Waals surface area (Å²) >= 11 is 0. The molecule has 29 heavy (non-hydrogen) atoms. The van der Waals surface area contributed by atoms with E-state index >= 15 is 0 Å². The molecule has 0 aromatic carbocycles. The Morgan fingerprint density at radius 1 is 0.828 bits per heavy atom. The number of carbonyl (C=O) groups excluding carboxylic acids is 3. The number of halogens is 4. The molecule has 0 spiro atoms. The zero-order chi connectivity index (χ0) is 22.3. The lowest BCUT2D eigenvalue weighted by Gasteiger charge is -2.25. The Morgan fingerprint density at radius 3 is 1.83 bits per heavy atom. The maximum absolute atomic E-state index is 13.9. The van der Waals surface area contributed by atoms with Crippen molar-refractivity contribution in [3.63, 3.8) is 0 Å². The molecule has 0 N–H and O–H groups in total. The fraction of sp³-hybridized carbons (Fsp3) is 0.842. The van der Waals surface area contributed by atoms with Crippen molar-refractivity contribution >= 4 is 17.9 Å². The van der Waals surface area contributed by atoms with Crippen LogP contribution in [0.4, 0.5) is 17.6 Å². The van der Waals surface area contributed by atoms with Gasteiger partial charge in [0.15, 0.2) is 0 Å². The summed E-state index contributed by atoms with van der Waals surface area (Å²) in [5, 5.41) is 0. The van der Waals surface area contributed by atoms with Crippen LogP contribution in [0.15, 0.2) is 0 Å². The molecule has 0 saturated heterocycles. The van der Waals surface area contributed by atoms with E-state index in [1.54, 1.807) is 20.8 Å². The SMILES string of the molecule is CCC(C)(C)C(=O)OCCOC(=O)C(F)(F)CC(F)(F)C(=O)OC1CCCCC1. The number of carbonyl (C=O) groups is 3. The topological polar surface area (TPSA) is 78.9 Å². The van der Waals surface area contributed by atoms with Gasteiger partial charge in [0, 0.05) is 0 Å². The molecule has 168 valence electrons. The van der Waals surface area contributed by atoms with Crippen molar-refractivity contribution in [3.8, 4) is 0 Å². The minimum atomic E-state index is -4.61. The number of rotatable bonds is 10. The van der Waals surface area contributed by atoms with Crippen LogP contribution in [0.1, 0.15) is 65.7 Å². The van der Waals surface area contributed by atoms with Crippen molar-refractivity contribution in [2.24, 2.45) is 5.41 Å². The van der Waals surface area contributed by atoms with Crippen LogP contribution in [-0.4, -0.2) is 49.1 Å². The highest BCUT2D eigenvalue weighted by molar-refractivity contribution is 5.82. The van der Waals surface area contributed by atoms with Crippen molar-refractivity contribution < 1.29 is 46.2 Å². The first-order chi connectivity index (χ1) is 13.3. The van der Waals surface area contributed by atoms with Crippen LogP contribution < -0.4 is 0 Å². The van der Waals surface area contributed by atoms with E-state index in [1.165, 1.54) is 0 Å². The third kappa shape index (κ3) is 7.81. The highest BCUT2D eigenvalue weighted by Gasteiger charge is 2.55. The van der Waals surface area contributed by atoms with Crippen molar-refractivity contribution in [2.75, 3.05) is 13.2 Å². The lowest BCUT2D eigenvalue weighted by molar-refractivity contribution is -0.200. The number of esters is 3. The average Bonchev–Trinajstić information content (AvgIpc) is 2.64. The number of hydrogen-bond donors (Lipinski definition) is 0. The summed E-state index contributed by atoms with van der Waals surface area (Å²) in [7, 11) is 0. The van der Waals surface area contributed by atoms with Gasteiger partial charge in [0.25, 0.3) is 0 Å². The van der Waals surface area contributed by atoms with Gasteiger partial charge in [0.1, 0.15) is 19.3 Å². The molecule has 1 aliphatic rings. The highest BCUT2D eigenvalue weighted by atomic mass is 19.3. The maximum atomic E-state index is 13.9. The summed E-state index contributed by atoms with van der Waals surface area (Å²) in [5.41, 5.74) is -0.797. The van der Waals surface area contributed by atoms with Crippen molar-refractivity contribution in [1.82, 2.24) is 0 Å². The fourth-order valence-electron chi connectivity index (χ4n) is 2.56. The van der Waals surface area contributed by atoms with Crippen LogP contribution in [0.2, 0.25) is 0 Å². The molecule has 0 aromatic heterocycles. The molecular weight excluding hydrogens is 400 g/mol. The minimum absolute atomic E-state index is 0.397. The quantitative estimate of drug-likeness (QED) is 0.226. The molecule has 10 heteroatoms. The molecule has 0 unspecified atom stereocenters. The molecule has 0 aliphatic heterocycles. The van der Waals surface area contributed by atoms with Gasteiger partial charge in [-0.2, -0.15) is 17.6 Å². The Balaban J connectivity index is 2.49. The van der Waals surface area contributed by atoms with Gasteiger partial charge < -0.3 is 14.2 Å². The van der Waals surface area contributed by atoms with Gasteiger partial charge in [-0.05, 0) is 46.0 Å². The van der Waals surface area contributed by atoms with E-state index in [0.29, 0.717) is 32.1 Å². The first-order valence-electron chi connectivity index (χ1n) is 9.63. The summed E-state index contributed by atoms with van der Waals surface area (Å²) in [4.78, 5) is 34.7. The standard InChI is InChI=1S/C19H28F4O6/c1-4-17(2,3)14(24)27-10-11-28-15(25)18(20,21)12-19(22,23)16(26)29-13-8-6-5-7-9-13/h13H,4-12H2,1-3H3. The Morgan fingerprint density at radius 2 is 1.31 bits per heavy atom. The van der Waals surface area contributed by atoms with Gasteiger partial charge >= 0.3 is 29.8 Å². The molecule has 1 saturated carbocycles. The van der Waals surface area contributed by atoms with Crippen molar-refractivity contribution in [3.05, 3.63) is 0 Å². The number of alkyl halides is 4. The number of hydrogen-bond acceptors (Lipinski definition) is 6. The molecule has 1 rings (SSSR count). The Hall–Kier alpha value is -1.87. The zero-order valence-corrected chi connectivity index (χ0v) is 16.9. The van der Waals surface area contributed by atoms with Gasteiger partial charge in [0.2, 0.25) is 0 Å². The van der Waals surface area contributed by atoms with Crippen molar-refractivity contribution in [1.29, 1.82) is 0 Å². The van der Waals surface area contributed by atoms with E-state index in [-0.39, 0.29) is 0 Å². The second-order valence-electron chi connectivity index (χ2n) is 7.76. The van der Waals surface area contributed by atoms with Crippen LogP contribution in [-0.2, 0) is 28.6 Å². The summed E-state index contributed by atoms with van der Waals surface area (Å²) in [6.07, 6.45) is 0.465. The summed E-state index contributed by atoms with van der Waals surface area (Å²) < 4.78 is 69.0. The minimum Gasteiger partial charge on any atom is -0.462 e. The predicted octanol–water partition coefficient (Wildman–Crippen LogP) is 4.05. The molecule has 0 bridgehead atoms. The van der Waals surface area contributed by atoms with Crippen LogP contribution in [0.3, 0.4) is 0 Å². The Kier molecular flexibility index (Phi) is 8.89. The molecule has 0 aromatic rings. The molecule has 0 atom stereocenters. The second-order valence-corrected chi connectivity index (χ2v) is 7.76. The van der Waals surface area contributed by atoms with E-state index in [0.717, 1.165) is 6.42 Å². The second kappa shape index (κ2) is 10.2. The summed E-state index contributed by atoms with van der Waals surface area (Å²) in [6.45, 7) is 3.76. The summed E-state index contributed by atoms with van der Waals surface area (Å²) in [5.74, 6) is -14.1. The molecule has 0 heterocycles. The molecule has 0 radical (unpaired) electrons. The maximum Gasteiger partial charge on any atom is 0.377 e. The van der Waals surface area contributed by atoms with Gasteiger partial charge in [-0.3, -0.25) is 4.79 Å². The summed E-state index contributed by atoms with van der Waals surface area (Å²) in [6, 6.07) is 0. The number of ether oxygens (including phenoxy) is 3. The van der Waals surface area contributed by atoms with Crippen LogP contribution in [0.5, 0.6) is 0 Å². The van der Waals surface area contributed by atoms with Crippen LogP contribution in [0, 0.1) is 5.41 Å². The predicted molar refractivity (Wildman–Crippen MR) is 93.5 cm³/mol. The lowest BCUT2D eigenvalue weighted by atomic mass is 9.91. The van der Waals surface area contributed by atoms with E-state index in [9.17, 15) is 31.9 Å². The third-order valence-corrected chi connectivity index (χ3v) is 4.85. The Labute approximate surface area is 167 Å². The molecular formula is C19H28F4O6. The smallest absolute Gasteiger partial charge is 0.377 e. The highest BCUT2D eigenvalue weighted by Crippen LogP contribution is 2.34. The zero-order valence-electron chi connectivity index (χ0n) is 16.9.